The third kappa shape index (κ3) is 3.93. The first-order valence-corrected chi connectivity index (χ1v) is 9.08. The SMILES string of the molecule is O=C(NCCc1ccc(O)cc1)OC1COc2ccc3[nH]c(=O)ccc3c2C1. The van der Waals surface area contributed by atoms with Crippen LogP contribution >= 0.6 is 0 Å². The molecular weight excluding hydrogens is 360 g/mol. The molecule has 0 saturated carbocycles. The van der Waals surface area contributed by atoms with Gasteiger partial charge in [-0.15, -0.1) is 0 Å². The lowest BCUT2D eigenvalue weighted by atomic mass is 9.99. The van der Waals surface area contributed by atoms with Gasteiger partial charge < -0.3 is 24.9 Å². The standard InChI is InChI=1S/C21H20N2O5/c24-14-3-1-13(2-4-14)9-10-22-21(26)28-15-11-17-16-5-8-20(25)23-18(16)6-7-19(17)27-12-15/h1-8,15,24H,9-12H2,(H,22,26)(H,23,25). The summed E-state index contributed by atoms with van der Waals surface area (Å²) in [5.41, 5.74) is 2.49. The van der Waals surface area contributed by atoms with Crippen LogP contribution in [0.4, 0.5) is 4.79 Å². The summed E-state index contributed by atoms with van der Waals surface area (Å²) >= 11 is 0. The molecule has 0 spiro atoms. The molecule has 0 radical (unpaired) electrons. The Kier molecular flexibility index (Phi) is 4.89. The molecule has 1 atom stereocenters. The number of hydrogen-bond donors (Lipinski definition) is 3. The topological polar surface area (TPSA) is 101 Å². The third-order valence-electron chi connectivity index (χ3n) is 4.72. The van der Waals surface area contributed by atoms with Crippen LogP contribution in [0.3, 0.4) is 0 Å². The molecule has 2 aromatic carbocycles. The number of fused-ring (bicyclic) bond motifs is 3. The van der Waals surface area contributed by atoms with Gasteiger partial charge in [-0.25, -0.2) is 4.79 Å². The fourth-order valence-corrected chi connectivity index (χ4v) is 3.33. The first-order chi connectivity index (χ1) is 13.6. The van der Waals surface area contributed by atoms with Crippen molar-refractivity contribution >= 4 is 17.0 Å². The van der Waals surface area contributed by atoms with Gasteiger partial charge in [0.25, 0.3) is 0 Å². The summed E-state index contributed by atoms with van der Waals surface area (Å²) in [6.45, 7) is 0.713. The number of phenols is 1. The van der Waals surface area contributed by atoms with Crippen molar-refractivity contribution in [2.24, 2.45) is 0 Å². The number of ether oxygens (including phenoxy) is 2. The van der Waals surface area contributed by atoms with Crippen molar-refractivity contribution in [1.29, 1.82) is 0 Å². The molecule has 144 valence electrons. The Bertz CT molecular complexity index is 1060. The normalized spacial score (nSPS) is 15.5. The van der Waals surface area contributed by atoms with Crippen molar-refractivity contribution in [3.05, 3.63) is 70.0 Å². The third-order valence-corrected chi connectivity index (χ3v) is 4.72. The molecule has 7 nitrogen and oxygen atoms in total. The van der Waals surface area contributed by atoms with Gasteiger partial charge in [0.2, 0.25) is 5.56 Å². The number of nitrogens with one attached hydrogen (secondary N) is 2. The Balaban J connectivity index is 1.35. The van der Waals surface area contributed by atoms with Crippen LogP contribution in [0, 0.1) is 0 Å². The molecule has 0 saturated heterocycles. The number of alkyl carbamates (subject to hydrolysis) is 1. The lowest BCUT2D eigenvalue weighted by Gasteiger charge is -2.26. The van der Waals surface area contributed by atoms with Gasteiger partial charge in [-0.05, 0) is 42.3 Å². The van der Waals surface area contributed by atoms with E-state index in [0.29, 0.717) is 19.4 Å². The van der Waals surface area contributed by atoms with Crippen LogP contribution in [-0.2, 0) is 17.6 Å². The Labute approximate surface area is 160 Å². The summed E-state index contributed by atoms with van der Waals surface area (Å²) in [6, 6.07) is 13.7. The number of benzene rings is 2. The molecule has 0 bridgehead atoms. The second kappa shape index (κ2) is 7.64. The molecule has 7 heteroatoms. The predicted octanol–water partition coefficient (Wildman–Crippen LogP) is 2.51. The Hall–Kier alpha value is -3.48. The summed E-state index contributed by atoms with van der Waals surface area (Å²) in [5.74, 6) is 0.956. The van der Waals surface area contributed by atoms with Crippen molar-refractivity contribution < 1.29 is 19.4 Å². The van der Waals surface area contributed by atoms with E-state index in [4.69, 9.17) is 9.47 Å². The Morgan fingerprint density at radius 2 is 2.00 bits per heavy atom. The number of hydrogen-bond acceptors (Lipinski definition) is 5. The van der Waals surface area contributed by atoms with Gasteiger partial charge in [-0.2, -0.15) is 0 Å². The minimum Gasteiger partial charge on any atom is -0.508 e. The van der Waals surface area contributed by atoms with E-state index in [2.05, 4.69) is 10.3 Å². The molecule has 28 heavy (non-hydrogen) atoms. The monoisotopic (exact) mass is 380 g/mol. The van der Waals surface area contributed by atoms with E-state index >= 15 is 0 Å². The van der Waals surface area contributed by atoms with Crippen LogP contribution < -0.4 is 15.6 Å². The maximum Gasteiger partial charge on any atom is 0.407 e. The summed E-state index contributed by atoms with van der Waals surface area (Å²) in [7, 11) is 0. The second-order valence-electron chi connectivity index (χ2n) is 6.71. The van der Waals surface area contributed by atoms with Crippen LogP contribution in [0.25, 0.3) is 10.9 Å². The number of rotatable bonds is 4. The molecule has 1 aliphatic heterocycles. The van der Waals surface area contributed by atoms with Gasteiger partial charge in [0.1, 0.15) is 24.2 Å². The smallest absolute Gasteiger partial charge is 0.407 e. The zero-order valence-electron chi connectivity index (χ0n) is 15.1. The summed E-state index contributed by atoms with van der Waals surface area (Å²) in [4.78, 5) is 26.4. The van der Waals surface area contributed by atoms with E-state index in [0.717, 1.165) is 27.8 Å². The quantitative estimate of drug-likeness (QED) is 0.646. The number of aromatic amines is 1. The van der Waals surface area contributed by atoms with Crippen molar-refractivity contribution in [1.82, 2.24) is 10.3 Å². The van der Waals surface area contributed by atoms with Crippen LogP contribution in [0.5, 0.6) is 11.5 Å². The fourth-order valence-electron chi connectivity index (χ4n) is 3.33. The van der Waals surface area contributed by atoms with E-state index < -0.39 is 12.2 Å². The maximum absolute atomic E-state index is 12.1. The molecule has 4 rings (SSSR count). The van der Waals surface area contributed by atoms with Gasteiger partial charge in [-0.3, -0.25) is 4.79 Å². The lowest BCUT2D eigenvalue weighted by molar-refractivity contribution is 0.0562. The van der Waals surface area contributed by atoms with Crippen LogP contribution in [0.2, 0.25) is 0 Å². The predicted molar refractivity (Wildman–Crippen MR) is 104 cm³/mol. The largest absolute Gasteiger partial charge is 0.508 e. The van der Waals surface area contributed by atoms with E-state index in [9.17, 15) is 14.7 Å². The molecule has 0 fully saturated rings. The molecule has 2 heterocycles. The highest BCUT2D eigenvalue weighted by atomic mass is 16.6. The lowest BCUT2D eigenvalue weighted by Crippen LogP contribution is -2.36. The van der Waals surface area contributed by atoms with E-state index in [1.807, 2.05) is 24.3 Å². The summed E-state index contributed by atoms with van der Waals surface area (Å²) < 4.78 is 11.2. The number of amides is 1. The molecule has 1 amide bonds. The van der Waals surface area contributed by atoms with Crippen LogP contribution in [-0.4, -0.2) is 35.4 Å². The van der Waals surface area contributed by atoms with Gasteiger partial charge in [0, 0.05) is 35.5 Å². The van der Waals surface area contributed by atoms with E-state index in [1.54, 1.807) is 18.2 Å². The Morgan fingerprint density at radius 1 is 1.18 bits per heavy atom. The average Bonchev–Trinajstić information content (AvgIpc) is 2.69. The van der Waals surface area contributed by atoms with Crippen molar-refractivity contribution in [3.8, 4) is 11.5 Å². The average molecular weight is 380 g/mol. The fraction of sp³-hybridized carbons (Fsp3) is 0.238. The number of carbonyl (C=O) groups is 1. The molecule has 1 unspecified atom stereocenters. The molecule has 1 aromatic heterocycles. The molecule has 3 aromatic rings. The number of carbonyl (C=O) groups excluding carboxylic acids is 1. The molecule has 1 aliphatic rings. The van der Waals surface area contributed by atoms with Crippen LogP contribution in [0.1, 0.15) is 11.1 Å². The number of aromatic nitrogens is 1. The minimum atomic E-state index is -0.496. The van der Waals surface area contributed by atoms with E-state index in [1.165, 1.54) is 6.07 Å². The summed E-state index contributed by atoms with van der Waals surface area (Å²) in [6.07, 6.45) is 0.254. The first kappa shape index (κ1) is 17.9. The van der Waals surface area contributed by atoms with Crippen molar-refractivity contribution in [2.75, 3.05) is 13.2 Å². The van der Waals surface area contributed by atoms with Gasteiger partial charge in [-0.1, -0.05) is 12.1 Å². The van der Waals surface area contributed by atoms with Gasteiger partial charge in [0.15, 0.2) is 0 Å². The number of aromatic hydroxyl groups is 1. The molecule has 0 aliphatic carbocycles. The highest BCUT2D eigenvalue weighted by Crippen LogP contribution is 2.31. The van der Waals surface area contributed by atoms with Gasteiger partial charge in [0.05, 0.1) is 0 Å². The summed E-state index contributed by atoms with van der Waals surface area (Å²) in [5, 5.41) is 12.9. The van der Waals surface area contributed by atoms with Crippen molar-refractivity contribution in [2.45, 2.75) is 18.9 Å². The molecule has 3 N–H and O–H groups in total. The number of H-pyrrole nitrogens is 1. The maximum atomic E-state index is 12.1. The van der Waals surface area contributed by atoms with Crippen molar-refractivity contribution in [3.63, 3.8) is 0 Å². The zero-order chi connectivity index (χ0) is 19.5. The Morgan fingerprint density at radius 3 is 2.82 bits per heavy atom. The minimum absolute atomic E-state index is 0.162. The number of pyridine rings is 1. The van der Waals surface area contributed by atoms with E-state index in [-0.39, 0.29) is 17.9 Å². The second-order valence-corrected chi connectivity index (χ2v) is 6.71. The van der Waals surface area contributed by atoms with Crippen LogP contribution in [0.15, 0.2) is 53.3 Å². The number of phenolic OH excluding ortho intramolecular Hbond substituents is 1. The first-order valence-electron chi connectivity index (χ1n) is 9.08. The highest BCUT2D eigenvalue weighted by molar-refractivity contribution is 5.84. The van der Waals surface area contributed by atoms with Gasteiger partial charge >= 0.3 is 6.09 Å². The zero-order valence-corrected chi connectivity index (χ0v) is 15.1. The molecular formula is C21H20N2O5. The highest BCUT2D eigenvalue weighted by Gasteiger charge is 2.25.